The standard InChI is InChI=1S/C15H18BrFO/c1-10-4-5-11(17)12(8-10)18-14-9-13(16)15(14)6-2-3-7-15/h4-5,8,13-14H,2-3,6-7,9H2,1H3. The molecule has 2 unspecified atom stereocenters. The average molecular weight is 313 g/mol. The summed E-state index contributed by atoms with van der Waals surface area (Å²) < 4.78 is 19.7. The zero-order valence-electron chi connectivity index (χ0n) is 10.6. The number of rotatable bonds is 2. The maximum atomic E-state index is 13.7. The first kappa shape index (κ1) is 12.5. The van der Waals surface area contributed by atoms with Gasteiger partial charge in [0.15, 0.2) is 11.6 Å². The van der Waals surface area contributed by atoms with Crippen molar-refractivity contribution in [3.8, 4) is 5.75 Å². The fourth-order valence-corrected chi connectivity index (χ4v) is 4.48. The molecular formula is C15H18BrFO. The van der Waals surface area contributed by atoms with Crippen LogP contribution in [-0.4, -0.2) is 10.9 Å². The Morgan fingerprint density at radius 1 is 1.33 bits per heavy atom. The van der Waals surface area contributed by atoms with Crippen LogP contribution in [-0.2, 0) is 0 Å². The van der Waals surface area contributed by atoms with Gasteiger partial charge in [0.2, 0.25) is 0 Å². The van der Waals surface area contributed by atoms with Crippen molar-refractivity contribution in [3.63, 3.8) is 0 Å². The average Bonchev–Trinajstić information content (AvgIpc) is 2.85. The molecule has 0 amide bonds. The van der Waals surface area contributed by atoms with E-state index >= 15 is 0 Å². The SMILES string of the molecule is Cc1ccc(F)c(OC2CC(Br)C23CCCC3)c1. The summed E-state index contributed by atoms with van der Waals surface area (Å²) in [7, 11) is 0. The van der Waals surface area contributed by atoms with E-state index in [0.717, 1.165) is 12.0 Å². The topological polar surface area (TPSA) is 9.23 Å². The van der Waals surface area contributed by atoms with Gasteiger partial charge in [-0.1, -0.05) is 34.8 Å². The van der Waals surface area contributed by atoms with Crippen molar-refractivity contribution in [1.29, 1.82) is 0 Å². The molecule has 2 saturated carbocycles. The van der Waals surface area contributed by atoms with Crippen LogP contribution in [0.3, 0.4) is 0 Å². The van der Waals surface area contributed by atoms with Gasteiger partial charge >= 0.3 is 0 Å². The minimum atomic E-state index is -0.244. The summed E-state index contributed by atoms with van der Waals surface area (Å²) in [6, 6.07) is 5.08. The molecule has 0 radical (unpaired) electrons. The van der Waals surface area contributed by atoms with Crippen molar-refractivity contribution in [1.82, 2.24) is 0 Å². The number of hydrogen-bond acceptors (Lipinski definition) is 1. The van der Waals surface area contributed by atoms with Gasteiger partial charge < -0.3 is 4.74 Å². The molecule has 2 fully saturated rings. The fraction of sp³-hybridized carbons (Fsp3) is 0.600. The molecule has 2 aliphatic carbocycles. The number of aryl methyl sites for hydroxylation is 1. The van der Waals surface area contributed by atoms with E-state index in [0.29, 0.717) is 10.6 Å². The maximum absolute atomic E-state index is 13.7. The van der Waals surface area contributed by atoms with E-state index in [1.165, 1.54) is 31.7 Å². The molecule has 0 aromatic heterocycles. The van der Waals surface area contributed by atoms with Gasteiger partial charge in [-0.2, -0.15) is 0 Å². The van der Waals surface area contributed by atoms with Crippen LogP contribution in [0.1, 0.15) is 37.7 Å². The molecule has 2 aliphatic rings. The summed E-state index contributed by atoms with van der Waals surface area (Å²) in [6.07, 6.45) is 6.15. The van der Waals surface area contributed by atoms with Crippen molar-refractivity contribution >= 4 is 15.9 Å². The molecule has 1 spiro atoms. The predicted molar refractivity (Wildman–Crippen MR) is 73.8 cm³/mol. The lowest BCUT2D eigenvalue weighted by Gasteiger charge is -2.51. The summed E-state index contributed by atoms with van der Waals surface area (Å²) in [5.41, 5.74) is 1.30. The van der Waals surface area contributed by atoms with Crippen LogP contribution in [0.15, 0.2) is 18.2 Å². The summed E-state index contributed by atoms with van der Waals surface area (Å²) >= 11 is 3.76. The monoisotopic (exact) mass is 312 g/mol. The number of benzene rings is 1. The molecule has 98 valence electrons. The molecule has 0 saturated heterocycles. The Balaban J connectivity index is 1.79. The van der Waals surface area contributed by atoms with Crippen LogP contribution < -0.4 is 4.74 Å². The summed E-state index contributed by atoms with van der Waals surface area (Å²) in [5.74, 6) is 0.178. The fourth-order valence-electron chi connectivity index (χ4n) is 3.39. The molecule has 0 heterocycles. The van der Waals surface area contributed by atoms with Crippen LogP contribution >= 0.6 is 15.9 Å². The lowest BCUT2D eigenvalue weighted by molar-refractivity contribution is -0.0324. The molecule has 1 nitrogen and oxygen atoms in total. The zero-order valence-corrected chi connectivity index (χ0v) is 12.2. The number of hydrogen-bond donors (Lipinski definition) is 0. The molecule has 3 heteroatoms. The summed E-state index contributed by atoms with van der Waals surface area (Å²) in [6.45, 7) is 1.96. The highest BCUT2D eigenvalue weighted by molar-refractivity contribution is 9.09. The zero-order chi connectivity index (χ0) is 12.8. The molecule has 0 bridgehead atoms. The summed E-state index contributed by atoms with van der Waals surface area (Å²) in [5, 5.41) is 0. The minimum absolute atomic E-state index is 0.181. The van der Waals surface area contributed by atoms with Crippen LogP contribution in [0.25, 0.3) is 0 Å². The van der Waals surface area contributed by atoms with E-state index in [2.05, 4.69) is 15.9 Å². The second kappa shape index (κ2) is 4.52. The Kier molecular flexibility index (Phi) is 3.13. The third kappa shape index (κ3) is 1.87. The maximum Gasteiger partial charge on any atom is 0.165 e. The molecule has 0 N–H and O–H groups in total. The van der Waals surface area contributed by atoms with Gasteiger partial charge in [0, 0.05) is 10.2 Å². The smallest absolute Gasteiger partial charge is 0.165 e. The van der Waals surface area contributed by atoms with E-state index in [9.17, 15) is 4.39 Å². The van der Waals surface area contributed by atoms with Crippen molar-refractivity contribution < 1.29 is 9.13 Å². The number of alkyl halides is 1. The van der Waals surface area contributed by atoms with Crippen LogP contribution in [0.2, 0.25) is 0 Å². The lowest BCUT2D eigenvalue weighted by atomic mass is 9.64. The minimum Gasteiger partial charge on any atom is -0.487 e. The van der Waals surface area contributed by atoms with Gasteiger partial charge in [-0.05, 0) is 43.9 Å². The third-order valence-corrected chi connectivity index (χ3v) is 5.86. The van der Waals surface area contributed by atoms with Crippen molar-refractivity contribution in [2.75, 3.05) is 0 Å². The normalized spacial score (nSPS) is 29.3. The molecule has 1 aromatic rings. The Morgan fingerprint density at radius 3 is 2.72 bits per heavy atom. The Hall–Kier alpha value is -0.570. The molecule has 0 aliphatic heterocycles. The predicted octanol–water partition coefficient (Wildman–Crippen LogP) is 4.61. The molecule has 18 heavy (non-hydrogen) atoms. The third-order valence-electron chi connectivity index (χ3n) is 4.58. The highest BCUT2D eigenvalue weighted by Gasteiger charge is 2.56. The quantitative estimate of drug-likeness (QED) is 0.725. The van der Waals surface area contributed by atoms with Gasteiger partial charge in [-0.15, -0.1) is 0 Å². The second-order valence-corrected chi connectivity index (χ2v) is 6.79. The highest BCUT2D eigenvalue weighted by atomic mass is 79.9. The largest absolute Gasteiger partial charge is 0.487 e. The van der Waals surface area contributed by atoms with Gasteiger partial charge in [-0.25, -0.2) is 4.39 Å². The van der Waals surface area contributed by atoms with Crippen molar-refractivity contribution in [3.05, 3.63) is 29.6 Å². The van der Waals surface area contributed by atoms with Crippen molar-refractivity contribution in [2.45, 2.75) is 50.0 Å². The van der Waals surface area contributed by atoms with Gasteiger partial charge in [0.1, 0.15) is 6.10 Å². The highest BCUT2D eigenvalue weighted by Crippen LogP contribution is 2.57. The van der Waals surface area contributed by atoms with Gasteiger partial charge in [0.05, 0.1) is 0 Å². The number of ether oxygens (including phenoxy) is 1. The van der Waals surface area contributed by atoms with Crippen molar-refractivity contribution in [2.24, 2.45) is 5.41 Å². The van der Waals surface area contributed by atoms with Crippen LogP contribution in [0, 0.1) is 18.2 Å². The number of halogens is 2. The van der Waals surface area contributed by atoms with Gasteiger partial charge in [0.25, 0.3) is 0 Å². The van der Waals surface area contributed by atoms with Crippen LogP contribution in [0.5, 0.6) is 5.75 Å². The molecule has 2 atom stereocenters. The van der Waals surface area contributed by atoms with Crippen LogP contribution in [0.4, 0.5) is 4.39 Å². The van der Waals surface area contributed by atoms with E-state index < -0.39 is 0 Å². The first-order chi connectivity index (χ1) is 8.62. The molecule has 1 aromatic carbocycles. The van der Waals surface area contributed by atoms with Gasteiger partial charge in [-0.3, -0.25) is 0 Å². The van der Waals surface area contributed by atoms with E-state index in [-0.39, 0.29) is 17.3 Å². The lowest BCUT2D eigenvalue weighted by Crippen LogP contribution is -2.55. The molecular weight excluding hydrogens is 295 g/mol. The Morgan fingerprint density at radius 2 is 2.06 bits per heavy atom. The van der Waals surface area contributed by atoms with E-state index in [4.69, 9.17) is 4.74 Å². The first-order valence-corrected chi connectivity index (χ1v) is 7.60. The Labute approximate surface area is 116 Å². The van der Waals surface area contributed by atoms with E-state index in [1.54, 1.807) is 12.1 Å². The molecule has 3 rings (SSSR count). The summed E-state index contributed by atoms with van der Waals surface area (Å²) in [4.78, 5) is 0.547. The Bertz CT molecular complexity index is 454. The van der Waals surface area contributed by atoms with E-state index in [1.807, 2.05) is 6.92 Å². The second-order valence-electron chi connectivity index (χ2n) is 5.68. The first-order valence-electron chi connectivity index (χ1n) is 6.69.